The largest absolute Gasteiger partial charge is 0.301 e. The van der Waals surface area contributed by atoms with Crippen molar-refractivity contribution in [2.45, 2.75) is 13.0 Å². The molecule has 1 unspecified atom stereocenters. The van der Waals surface area contributed by atoms with E-state index in [9.17, 15) is 4.79 Å². The van der Waals surface area contributed by atoms with Crippen molar-refractivity contribution in [3.05, 3.63) is 53.2 Å². The number of carbonyl (C=O) groups excluding carboxylic acids is 1. The van der Waals surface area contributed by atoms with Crippen molar-refractivity contribution in [3.63, 3.8) is 0 Å². The van der Waals surface area contributed by atoms with Crippen LogP contribution in [0.5, 0.6) is 0 Å². The van der Waals surface area contributed by atoms with Gasteiger partial charge in [0.05, 0.1) is 10.2 Å². The molecule has 2 heterocycles. The number of hydrogen-bond donors (Lipinski definition) is 1. The average Bonchev–Trinajstić information content (AvgIpc) is 2.91. The van der Waals surface area contributed by atoms with E-state index < -0.39 is 6.04 Å². The second-order valence-electron chi connectivity index (χ2n) is 4.69. The van der Waals surface area contributed by atoms with E-state index in [2.05, 4.69) is 9.97 Å². The molecular weight excluding hydrogens is 284 g/mol. The highest BCUT2D eigenvalue weighted by atomic mass is 32.1. The molecule has 0 saturated carbocycles. The SMILES string of the molecule is Cc1csc2c(N(N)C(C=O)c3ccccc3)ncnc12. The zero-order chi connectivity index (χ0) is 14.8. The third kappa shape index (κ3) is 2.39. The van der Waals surface area contributed by atoms with Crippen molar-refractivity contribution in [3.8, 4) is 0 Å². The Morgan fingerprint density at radius 2 is 2.05 bits per heavy atom. The molecule has 0 aliphatic rings. The van der Waals surface area contributed by atoms with E-state index in [1.54, 1.807) is 0 Å². The van der Waals surface area contributed by atoms with Gasteiger partial charge >= 0.3 is 0 Å². The van der Waals surface area contributed by atoms with Gasteiger partial charge in [-0.2, -0.15) is 0 Å². The summed E-state index contributed by atoms with van der Waals surface area (Å²) < 4.78 is 0.889. The first-order valence-electron chi connectivity index (χ1n) is 6.45. The lowest BCUT2D eigenvalue weighted by Gasteiger charge is -2.24. The molecule has 3 rings (SSSR count). The van der Waals surface area contributed by atoms with Gasteiger partial charge < -0.3 is 4.79 Å². The van der Waals surface area contributed by atoms with Gasteiger partial charge in [-0.3, -0.25) is 5.01 Å². The van der Waals surface area contributed by atoms with Gasteiger partial charge in [0.15, 0.2) is 5.82 Å². The number of nitrogens with zero attached hydrogens (tertiary/aromatic N) is 3. The number of aldehydes is 1. The molecule has 0 saturated heterocycles. The van der Waals surface area contributed by atoms with Crippen LogP contribution >= 0.6 is 11.3 Å². The van der Waals surface area contributed by atoms with Gasteiger partial charge in [-0.05, 0) is 23.4 Å². The quantitative estimate of drug-likeness (QED) is 0.455. The predicted molar refractivity (Wildman–Crippen MR) is 84.1 cm³/mol. The summed E-state index contributed by atoms with van der Waals surface area (Å²) in [5.74, 6) is 6.74. The maximum absolute atomic E-state index is 11.5. The molecule has 3 aromatic rings. The molecule has 1 atom stereocenters. The minimum atomic E-state index is -0.577. The highest BCUT2D eigenvalue weighted by Gasteiger charge is 2.21. The molecule has 0 radical (unpaired) electrons. The molecule has 0 fully saturated rings. The summed E-state index contributed by atoms with van der Waals surface area (Å²) in [5, 5.41) is 3.41. The van der Waals surface area contributed by atoms with E-state index >= 15 is 0 Å². The lowest BCUT2D eigenvalue weighted by atomic mass is 10.1. The van der Waals surface area contributed by atoms with Crippen LogP contribution in [0.1, 0.15) is 17.2 Å². The topological polar surface area (TPSA) is 72.1 Å². The number of thiophene rings is 1. The fourth-order valence-corrected chi connectivity index (χ4v) is 3.22. The van der Waals surface area contributed by atoms with Gasteiger partial charge in [-0.15, -0.1) is 11.3 Å². The molecule has 1 aromatic carbocycles. The average molecular weight is 298 g/mol. The number of hydrogen-bond acceptors (Lipinski definition) is 6. The van der Waals surface area contributed by atoms with Gasteiger partial charge in [0.25, 0.3) is 0 Å². The molecule has 21 heavy (non-hydrogen) atoms. The first-order chi connectivity index (χ1) is 10.2. The summed E-state index contributed by atoms with van der Waals surface area (Å²) in [6.07, 6.45) is 2.30. The Kier molecular flexibility index (Phi) is 3.64. The summed E-state index contributed by atoms with van der Waals surface area (Å²) >= 11 is 1.53. The van der Waals surface area contributed by atoms with Crippen LogP contribution in [0, 0.1) is 6.92 Å². The van der Waals surface area contributed by atoms with E-state index in [1.165, 1.54) is 22.7 Å². The number of anilines is 1. The molecule has 0 amide bonds. The maximum atomic E-state index is 11.5. The Morgan fingerprint density at radius 1 is 1.29 bits per heavy atom. The standard InChI is InChI=1S/C15H14N4OS/c1-10-8-21-14-13(10)17-9-18-15(14)19(16)12(7-20)11-5-3-2-4-6-11/h2-9,12H,16H2,1H3. The number of fused-ring (bicyclic) bond motifs is 1. The monoisotopic (exact) mass is 298 g/mol. The van der Waals surface area contributed by atoms with Crippen LogP contribution in [0.3, 0.4) is 0 Å². The van der Waals surface area contributed by atoms with E-state index in [4.69, 9.17) is 5.84 Å². The number of hydrazine groups is 1. The van der Waals surface area contributed by atoms with Crippen molar-refractivity contribution in [1.82, 2.24) is 9.97 Å². The zero-order valence-electron chi connectivity index (χ0n) is 11.4. The molecule has 0 spiro atoms. The predicted octanol–water partition coefficient (Wildman–Crippen LogP) is 2.62. The number of carbonyl (C=O) groups is 1. The van der Waals surface area contributed by atoms with Gasteiger partial charge in [0, 0.05) is 0 Å². The van der Waals surface area contributed by atoms with Crippen LogP contribution in [-0.2, 0) is 4.79 Å². The summed E-state index contributed by atoms with van der Waals surface area (Å²) in [4.78, 5) is 20.0. The van der Waals surface area contributed by atoms with Gasteiger partial charge in [0.1, 0.15) is 18.7 Å². The van der Waals surface area contributed by atoms with Crippen molar-refractivity contribution in [1.29, 1.82) is 0 Å². The van der Waals surface area contributed by atoms with Crippen molar-refractivity contribution in [2.75, 3.05) is 5.01 Å². The lowest BCUT2D eigenvalue weighted by Crippen LogP contribution is -2.37. The molecule has 5 nitrogen and oxygen atoms in total. The Balaban J connectivity index is 2.07. The minimum absolute atomic E-state index is 0.569. The highest BCUT2D eigenvalue weighted by Crippen LogP contribution is 2.32. The first-order valence-corrected chi connectivity index (χ1v) is 7.33. The lowest BCUT2D eigenvalue weighted by molar-refractivity contribution is -0.109. The van der Waals surface area contributed by atoms with Crippen LogP contribution in [0.2, 0.25) is 0 Å². The summed E-state index contributed by atoms with van der Waals surface area (Å²) in [7, 11) is 0. The smallest absolute Gasteiger partial charge is 0.165 e. The Hall–Kier alpha value is -2.31. The maximum Gasteiger partial charge on any atom is 0.165 e. The molecule has 0 aliphatic heterocycles. The highest BCUT2D eigenvalue weighted by molar-refractivity contribution is 7.18. The zero-order valence-corrected chi connectivity index (χ0v) is 12.2. The third-order valence-electron chi connectivity index (χ3n) is 3.33. The number of aromatic nitrogens is 2. The van der Waals surface area contributed by atoms with E-state index in [0.29, 0.717) is 5.82 Å². The fourth-order valence-electron chi connectivity index (χ4n) is 2.23. The molecule has 0 aliphatic carbocycles. The van der Waals surface area contributed by atoms with Gasteiger partial charge in [-0.1, -0.05) is 30.3 Å². The molecule has 2 N–H and O–H groups in total. The second-order valence-corrected chi connectivity index (χ2v) is 5.57. The van der Waals surface area contributed by atoms with Gasteiger partial charge in [0.2, 0.25) is 0 Å². The normalized spacial score (nSPS) is 12.3. The van der Waals surface area contributed by atoms with Crippen molar-refractivity contribution in [2.24, 2.45) is 5.84 Å². The third-order valence-corrected chi connectivity index (χ3v) is 4.41. The molecule has 2 aromatic heterocycles. The number of rotatable bonds is 4. The van der Waals surface area contributed by atoms with Crippen LogP contribution in [0.4, 0.5) is 5.82 Å². The van der Waals surface area contributed by atoms with Crippen LogP contribution in [0.15, 0.2) is 42.0 Å². The van der Waals surface area contributed by atoms with E-state index in [-0.39, 0.29) is 0 Å². The van der Waals surface area contributed by atoms with Crippen molar-refractivity contribution < 1.29 is 4.79 Å². The summed E-state index contributed by atoms with van der Waals surface area (Å²) in [6.45, 7) is 1.99. The molecule has 106 valence electrons. The van der Waals surface area contributed by atoms with E-state index in [1.807, 2.05) is 42.6 Å². The first kappa shape index (κ1) is 13.7. The number of nitrogens with two attached hydrogens (primary N) is 1. The fraction of sp³-hybridized carbons (Fsp3) is 0.133. The summed E-state index contributed by atoms with van der Waals surface area (Å²) in [5.41, 5.74) is 2.78. The summed E-state index contributed by atoms with van der Waals surface area (Å²) in [6, 6.07) is 8.83. The van der Waals surface area contributed by atoms with Gasteiger partial charge in [-0.25, -0.2) is 15.8 Å². The number of aryl methyl sites for hydroxylation is 1. The molecule has 6 heteroatoms. The van der Waals surface area contributed by atoms with E-state index in [0.717, 1.165) is 27.6 Å². The second kappa shape index (κ2) is 5.59. The number of benzene rings is 1. The Morgan fingerprint density at radius 3 is 2.76 bits per heavy atom. The van der Waals surface area contributed by atoms with Crippen molar-refractivity contribution >= 4 is 33.7 Å². The molecular formula is C15H14N4OS. The Labute approximate surface area is 126 Å². The minimum Gasteiger partial charge on any atom is -0.301 e. The Bertz CT molecular complexity index is 772. The van der Waals surface area contributed by atoms with Crippen LogP contribution < -0.4 is 10.9 Å². The van der Waals surface area contributed by atoms with Crippen LogP contribution in [0.25, 0.3) is 10.2 Å². The van der Waals surface area contributed by atoms with Crippen LogP contribution in [-0.4, -0.2) is 16.3 Å². The molecule has 0 bridgehead atoms.